The van der Waals surface area contributed by atoms with Gasteiger partial charge in [-0.15, -0.1) is 0 Å². The fraction of sp³-hybridized carbons (Fsp3) is 0.323. The third-order valence-electron chi connectivity index (χ3n) is 7.44. The Balaban J connectivity index is 1.95. The molecule has 2 unspecified atom stereocenters. The summed E-state index contributed by atoms with van der Waals surface area (Å²) in [6.45, 7) is 5.81. The molecule has 220 valence electrons. The Morgan fingerprint density at radius 1 is 1.14 bits per heavy atom. The van der Waals surface area contributed by atoms with Crippen molar-refractivity contribution in [1.29, 1.82) is 5.26 Å². The van der Waals surface area contributed by atoms with Crippen molar-refractivity contribution in [1.82, 2.24) is 5.32 Å². The van der Waals surface area contributed by atoms with Gasteiger partial charge in [0.15, 0.2) is 0 Å². The average Bonchev–Trinajstić information content (AvgIpc) is 3.23. The summed E-state index contributed by atoms with van der Waals surface area (Å²) in [5, 5.41) is 26.1. The number of carboxylic acid groups (broad SMARTS) is 1. The zero-order valence-corrected chi connectivity index (χ0v) is 24.8. The molecule has 4 atom stereocenters. The van der Waals surface area contributed by atoms with Gasteiger partial charge in [0, 0.05) is 22.5 Å². The Kier molecular flexibility index (Phi) is 8.84. The van der Waals surface area contributed by atoms with Crippen molar-refractivity contribution in [2.45, 2.75) is 50.6 Å². The van der Waals surface area contributed by atoms with Crippen LogP contribution < -0.4 is 15.4 Å². The van der Waals surface area contributed by atoms with Gasteiger partial charge in [0.05, 0.1) is 35.5 Å². The second kappa shape index (κ2) is 11.9. The van der Waals surface area contributed by atoms with E-state index in [1.54, 1.807) is 0 Å². The van der Waals surface area contributed by atoms with E-state index >= 15 is 8.78 Å². The van der Waals surface area contributed by atoms with E-state index in [0.717, 1.165) is 6.07 Å². The van der Waals surface area contributed by atoms with Crippen LogP contribution in [0.3, 0.4) is 0 Å². The number of carbonyl (C=O) groups is 2. The third-order valence-corrected chi connectivity index (χ3v) is 7.96. The number of ether oxygens (including phenoxy) is 1. The maximum absolute atomic E-state index is 15.8. The highest BCUT2D eigenvalue weighted by Gasteiger charge is 2.61. The number of carboxylic acids is 1. The van der Waals surface area contributed by atoms with Crippen molar-refractivity contribution in [3.8, 4) is 11.8 Å². The predicted octanol–water partition coefficient (Wildman–Crippen LogP) is 6.94. The first-order chi connectivity index (χ1) is 19.7. The van der Waals surface area contributed by atoms with Crippen LogP contribution in [0.2, 0.25) is 10.0 Å². The number of hydrogen-bond acceptors (Lipinski definition) is 5. The van der Waals surface area contributed by atoms with E-state index in [-0.39, 0.29) is 38.2 Å². The zero-order chi connectivity index (χ0) is 31.0. The number of nitrogens with zero attached hydrogens (tertiary/aromatic N) is 1. The smallest absolute Gasteiger partial charge is 0.335 e. The summed E-state index contributed by atoms with van der Waals surface area (Å²) in [6, 6.07) is 12.3. The van der Waals surface area contributed by atoms with Gasteiger partial charge in [0.2, 0.25) is 5.91 Å². The monoisotopic (exact) mass is 615 g/mol. The molecule has 42 heavy (non-hydrogen) atoms. The van der Waals surface area contributed by atoms with E-state index in [2.05, 4.69) is 16.7 Å². The van der Waals surface area contributed by atoms with E-state index < -0.39 is 52.3 Å². The number of carbonyl (C=O) groups excluding carboxylic acids is 1. The molecule has 1 heterocycles. The minimum Gasteiger partial charge on any atom is -0.495 e. The summed E-state index contributed by atoms with van der Waals surface area (Å²) >= 11 is 12.2. The van der Waals surface area contributed by atoms with Crippen molar-refractivity contribution < 1.29 is 28.2 Å². The highest BCUT2D eigenvalue weighted by atomic mass is 35.5. The molecule has 1 saturated heterocycles. The SMILES string of the molecule is COc1cc(C(=O)O)ccc1NC(=O)C1N[C@@H](CC(C)(C)C)[C@](C#N)(c2ccc(Cl)cc2F)C1c1cccc(Cl)c1F. The minimum atomic E-state index is -1.78. The molecule has 3 N–H and O–H groups in total. The van der Waals surface area contributed by atoms with Gasteiger partial charge in [-0.25, -0.2) is 13.6 Å². The highest BCUT2D eigenvalue weighted by Crippen LogP contribution is 2.53. The van der Waals surface area contributed by atoms with Gasteiger partial charge in [-0.05, 0) is 53.8 Å². The number of hydrogen-bond donors (Lipinski definition) is 3. The first kappa shape index (κ1) is 31.2. The molecule has 0 radical (unpaired) electrons. The summed E-state index contributed by atoms with van der Waals surface area (Å²) in [5.41, 5.74) is -2.18. The number of halogens is 4. The minimum absolute atomic E-state index is 0.0424. The van der Waals surface area contributed by atoms with Crippen LogP contribution in [-0.2, 0) is 10.2 Å². The molecule has 4 rings (SSSR count). The van der Waals surface area contributed by atoms with Crippen LogP contribution in [0.15, 0.2) is 54.6 Å². The van der Waals surface area contributed by atoms with Crippen molar-refractivity contribution >= 4 is 40.8 Å². The fourth-order valence-corrected chi connectivity index (χ4v) is 6.04. The number of benzene rings is 3. The number of nitriles is 1. The van der Waals surface area contributed by atoms with Crippen LogP contribution in [0.1, 0.15) is 54.6 Å². The number of rotatable bonds is 7. The summed E-state index contributed by atoms with van der Waals surface area (Å²) < 4.78 is 36.8. The number of nitrogens with one attached hydrogen (secondary N) is 2. The molecule has 1 aliphatic heterocycles. The third kappa shape index (κ3) is 5.80. The molecule has 3 aromatic rings. The van der Waals surface area contributed by atoms with Gasteiger partial charge < -0.3 is 20.5 Å². The fourth-order valence-electron chi connectivity index (χ4n) is 5.69. The summed E-state index contributed by atoms with van der Waals surface area (Å²) in [6.07, 6.45) is 0.307. The Labute approximate surface area is 252 Å². The highest BCUT2D eigenvalue weighted by molar-refractivity contribution is 6.31. The van der Waals surface area contributed by atoms with E-state index in [4.69, 9.17) is 27.9 Å². The molecular formula is C31H29Cl2F2N3O4. The van der Waals surface area contributed by atoms with Gasteiger partial charge in [0.25, 0.3) is 0 Å². The van der Waals surface area contributed by atoms with Crippen LogP contribution in [-0.4, -0.2) is 36.2 Å². The number of methoxy groups -OCH3 is 1. The Hall–Kier alpha value is -3.71. The summed E-state index contributed by atoms with van der Waals surface area (Å²) in [5.74, 6) is -4.65. The van der Waals surface area contributed by atoms with E-state index in [1.807, 2.05) is 20.8 Å². The molecule has 0 saturated carbocycles. The van der Waals surface area contributed by atoms with Gasteiger partial charge in [-0.2, -0.15) is 5.26 Å². The average molecular weight is 616 g/mol. The first-order valence-electron chi connectivity index (χ1n) is 13.0. The number of anilines is 1. The lowest BCUT2D eigenvalue weighted by atomic mass is 9.62. The van der Waals surface area contributed by atoms with Crippen molar-refractivity contribution in [3.63, 3.8) is 0 Å². The molecule has 7 nitrogen and oxygen atoms in total. The molecule has 1 fully saturated rings. The second-order valence-electron chi connectivity index (χ2n) is 11.4. The molecular weight excluding hydrogens is 587 g/mol. The maximum atomic E-state index is 15.8. The molecule has 11 heteroatoms. The van der Waals surface area contributed by atoms with Gasteiger partial charge in [-0.3, -0.25) is 4.79 Å². The van der Waals surface area contributed by atoms with Crippen LogP contribution >= 0.6 is 23.2 Å². The Morgan fingerprint density at radius 3 is 2.45 bits per heavy atom. The van der Waals surface area contributed by atoms with Gasteiger partial charge in [0.1, 0.15) is 22.8 Å². The lowest BCUT2D eigenvalue weighted by molar-refractivity contribution is -0.118. The largest absolute Gasteiger partial charge is 0.495 e. The Morgan fingerprint density at radius 2 is 1.86 bits per heavy atom. The van der Waals surface area contributed by atoms with E-state index in [9.17, 15) is 20.0 Å². The summed E-state index contributed by atoms with van der Waals surface area (Å²) in [4.78, 5) is 25.5. The first-order valence-corrected chi connectivity index (χ1v) is 13.8. The molecule has 1 amide bonds. The van der Waals surface area contributed by atoms with Gasteiger partial charge >= 0.3 is 5.97 Å². The van der Waals surface area contributed by atoms with Crippen molar-refractivity contribution in [2.75, 3.05) is 12.4 Å². The van der Waals surface area contributed by atoms with Gasteiger partial charge in [-0.1, -0.05) is 62.2 Å². The van der Waals surface area contributed by atoms with E-state index in [1.165, 1.54) is 55.6 Å². The maximum Gasteiger partial charge on any atom is 0.335 e. The molecule has 3 aromatic carbocycles. The molecule has 0 aliphatic carbocycles. The van der Waals surface area contributed by atoms with Crippen molar-refractivity contribution in [2.24, 2.45) is 5.41 Å². The summed E-state index contributed by atoms with van der Waals surface area (Å²) in [7, 11) is 1.32. The molecule has 0 bridgehead atoms. The van der Waals surface area contributed by atoms with Crippen LogP contribution in [0.4, 0.5) is 14.5 Å². The predicted molar refractivity (Wildman–Crippen MR) is 156 cm³/mol. The normalized spacial score (nSPS) is 21.9. The number of aromatic carboxylic acids is 1. The van der Waals surface area contributed by atoms with Crippen LogP contribution in [0.25, 0.3) is 0 Å². The second-order valence-corrected chi connectivity index (χ2v) is 12.2. The zero-order valence-electron chi connectivity index (χ0n) is 23.3. The standard InChI is InChI=1S/C31H29Cl2F2N3O4/c1-30(2,3)14-24-31(15-36,19-10-9-17(32)13-21(19)34)25(18-6-5-7-20(33)26(18)35)27(38-24)28(39)37-22-11-8-16(29(40)41)12-23(22)42-4/h5-13,24-25,27,38H,14H2,1-4H3,(H,37,39)(H,40,41)/t24-,25?,27?,31-/m0/s1. The van der Waals surface area contributed by atoms with Crippen molar-refractivity contribution in [3.05, 3.63) is 93.0 Å². The van der Waals surface area contributed by atoms with Crippen LogP contribution in [0.5, 0.6) is 5.75 Å². The molecule has 1 aliphatic rings. The van der Waals surface area contributed by atoms with Crippen LogP contribution in [0, 0.1) is 28.4 Å². The lowest BCUT2D eigenvalue weighted by Crippen LogP contribution is -2.45. The molecule has 0 aromatic heterocycles. The number of amides is 1. The Bertz CT molecular complexity index is 1590. The van der Waals surface area contributed by atoms with E-state index in [0.29, 0.717) is 6.42 Å². The molecule has 0 spiro atoms. The lowest BCUT2D eigenvalue weighted by Gasteiger charge is -2.37. The topological polar surface area (TPSA) is 111 Å². The quantitative estimate of drug-likeness (QED) is 0.265.